The third-order valence-corrected chi connectivity index (χ3v) is 12.0. The summed E-state index contributed by atoms with van der Waals surface area (Å²) in [5.41, 5.74) is -1.54. The number of unbranched alkanes of at least 4 members (excludes halogenated alkanes) is 12. The van der Waals surface area contributed by atoms with Crippen molar-refractivity contribution in [2.24, 2.45) is 22.7 Å². The first-order valence-corrected chi connectivity index (χ1v) is 17.8. The quantitative estimate of drug-likeness (QED) is 0.104. The lowest BCUT2D eigenvalue weighted by Crippen LogP contribution is -2.67. The number of hydrogen-bond acceptors (Lipinski definition) is 6. The van der Waals surface area contributed by atoms with E-state index in [0.29, 0.717) is 31.3 Å². The number of aliphatic hydroxyl groups excluding tert-OH is 3. The average Bonchev–Trinajstić information content (AvgIpc) is 2.97. The van der Waals surface area contributed by atoms with Crippen molar-refractivity contribution in [2.45, 2.75) is 180 Å². The van der Waals surface area contributed by atoms with Crippen LogP contribution in [0.25, 0.3) is 0 Å². The molecule has 2 saturated carbocycles. The molecular weight excluding hydrogens is 528 g/mol. The Bertz CT molecular complexity index is 804. The van der Waals surface area contributed by atoms with E-state index in [1.54, 1.807) is 0 Å². The molecule has 0 aromatic carbocycles. The van der Waals surface area contributed by atoms with Gasteiger partial charge >= 0.3 is 5.97 Å². The van der Waals surface area contributed by atoms with E-state index in [0.717, 1.165) is 51.4 Å². The standard InChI is InChI=1S/C36H66O6/c1-5-6-7-8-9-10-11-12-13-14-15-16-17-19-32(40)41-28-33(2)22-18-23-34(3)29(33)20-24-35(4)30(34)21-25-36(27-38,42-35)31(39)26-37/h29-31,37-39H,5-28H2,1-4H3/t29-,30+,31?,33+,34-,35+,36-/m0/s1. The Morgan fingerprint density at radius 2 is 1.38 bits per heavy atom. The van der Waals surface area contributed by atoms with E-state index in [9.17, 15) is 20.1 Å². The summed E-state index contributed by atoms with van der Waals surface area (Å²) in [6, 6.07) is 0. The Kier molecular flexibility index (Phi) is 14.1. The van der Waals surface area contributed by atoms with Crippen LogP contribution in [0, 0.1) is 22.7 Å². The highest BCUT2D eigenvalue weighted by atomic mass is 16.6. The molecule has 246 valence electrons. The van der Waals surface area contributed by atoms with Crippen molar-refractivity contribution in [2.75, 3.05) is 19.8 Å². The minimum Gasteiger partial charge on any atom is -0.465 e. The molecule has 6 nitrogen and oxygen atoms in total. The highest BCUT2D eigenvalue weighted by Crippen LogP contribution is 2.65. The Balaban J connectivity index is 1.39. The van der Waals surface area contributed by atoms with Gasteiger partial charge in [0, 0.05) is 11.8 Å². The van der Waals surface area contributed by atoms with E-state index in [2.05, 4.69) is 27.7 Å². The summed E-state index contributed by atoms with van der Waals surface area (Å²) < 4.78 is 12.6. The SMILES string of the molecule is CCCCCCCCCCCCCCCC(=O)OC[C@@]1(C)CCC[C@]2(C)[C@H]3CC[C@](CO)(C(O)CO)O[C@]3(C)CC[C@@H]12. The van der Waals surface area contributed by atoms with E-state index in [1.807, 2.05) is 0 Å². The molecule has 0 aromatic heterocycles. The first-order chi connectivity index (χ1) is 20.1. The monoisotopic (exact) mass is 594 g/mol. The van der Waals surface area contributed by atoms with Gasteiger partial charge in [-0.25, -0.2) is 0 Å². The largest absolute Gasteiger partial charge is 0.465 e. The van der Waals surface area contributed by atoms with Crippen LogP contribution in [0.1, 0.15) is 163 Å². The lowest BCUT2D eigenvalue weighted by molar-refractivity contribution is -0.302. The van der Waals surface area contributed by atoms with Gasteiger partial charge in [-0.3, -0.25) is 4.79 Å². The molecule has 0 radical (unpaired) electrons. The van der Waals surface area contributed by atoms with Crippen molar-refractivity contribution in [1.29, 1.82) is 0 Å². The first-order valence-electron chi connectivity index (χ1n) is 17.8. The molecule has 42 heavy (non-hydrogen) atoms. The maximum absolute atomic E-state index is 12.7. The summed E-state index contributed by atoms with van der Waals surface area (Å²) >= 11 is 0. The molecule has 0 bridgehead atoms. The van der Waals surface area contributed by atoms with Gasteiger partial charge in [0.15, 0.2) is 0 Å². The van der Waals surface area contributed by atoms with Crippen LogP contribution in [0.5, 0.6) is 0 Å². The molecule has 1 unspecified atom stereocenters. The second-order valence-electron chi connectivity index (χ2n) is 15.2. The number of ether oxygens (including phenoxy) is 2. The van der Waals surface area contributed by atoms with Crippen LogP contribution in [-0.2, 0) is 14.3 Å². The predicted octanol–water partition coefficient (Wildman–Crippen LogP) is 7.89. The molecule has 3 N–H and O–H groups in total. The molecule has 2 aliphatic carbocycles. The first kappa shape index (κ1) is 35.8. The molecule has 0 spiro atoms. The minimum absolute atomic E-state index is 0.0426. The molecule has 0 amide bonds. The molecule has 0 aromatic rings. The highest BCUT2D eigenvalue weighted by Gasteiger charge is 2.63. The molecule has 3 rings (SSSR count). The topological polar surface area (TPSA) is 96.2 Å². The predicted molar refractivity (Wildman–Crippen MR) is 169 cm³/mol. The molecular formula is C36H66O6. The molecule has 6 heteroatoms. The van der Waals surface area contributed by atoms with Crippen molar-refractivity contribution < 1.29 is 29.6 Å². The van der Waals surface area contributed by atoms with Crippen molar-refractivity contribution in [3.05, 3.63) is 0 Å². The number of aliphatic hydroxyl groups is 3. The highest BCUT2D eigenvalue weighted by molar-refractivity contribution is 5.69. The van der Waals surface area contributed by atoms with Crippen LogP contribution in [0.15, 0.2) is 0 Å². The number of fused-ring (bicyclic) bond motifs is 3. The maximum Gasteiger partial charge on any atom is 0.305 e. The Morgan fingerprint density at radius 1 is 0.810 bits per heavy atom. The molecule has 3 aliphatic rings. The molecule has 1 saturated heterocycles. The van der Waals surface area contributed by atoms with Gasteiger partial charge in [-0.05, 0) is 69.1 Å². The zero-order chi connectivity index (χ0) is 30.7. The number of carbonyl (C=O) groups excluding carboxylic acids is 1. The smallest absolute Gasteiger partial charge is 0.305 e. The Hall–Kier alpha value is -0.690. The van der Waals surface area contributed by atoms with Crippen molar-refractivity contribution in [3.8, 4) is 0 Å². The summed E-state index contributed by atoms with van der Waals surface area (Å²) in [5.74, 6) is 0.698. The van der Waals surface area contributed by atoms with Crippen LogP contribution in [-0.4, -0.2) is 58.4 Å². The van der Waals surface area contributed by atoms with Crippen LogP contribution < -0.4 is 0 Å². The van der Waals surface area contributed by atoms with Gasteiger partial charge in [-0.2, -0.15) is 0 Å². The summed E-state index contributed by atoms with van der Waals surface area (Å²) in [7, 11) is 0. The maximum atomic E-state index is 12.7. The Morgan fingerprint density at radius 3 is 1.95 bits per heavy atom. The van der Waals surface area contributed by atoms with Gasteiger partial charge in [-0.1, -0.05) is 104 Å². The second kappa shape index (κ2) is 16.6. The van der Waals surface area contributed by atoms with Crippen LogP contribution >= 0.6 is 0 Å². The Labute approximate surface area is 257 Å². The molecule has 3 fully saturated rings. The zero-order valence-corrected chi connectivity index (χ0v) is 27.8. The van der Waals surface area contributed by atoms with E-state index in [1.165, 1.54) is 70.6 Å². The third-order valence-electron chi connectivity index (χ3n) is 12.0. The van der Waals surface area contributed by atoms with Crippen molar-refractivity contribution in [3.63, 3.8) is 0 Å². The summed E-state index contributed by atoms with van der Waals surface area (Å²) in [6.07, 6.45) is 22.9. The van der Waals surface area contributed by atoms with E-state index in [4.69, 9.17) is 9.47 Å². The average molecular weight is 595 g/mol. The summed E-state index contributed by atoms with van der Waals surface area (Å²) in [5, 5.41) is 30.4. The van der Waals surface area contributed by atoms with Gasteiger partial charge in [0.05, 0.1) is 25.4 Å². The zero-order valence-electron chi connectivity index (χ0n) is 27.8. The van der Waals surface area contributed by atoms with Crippen molar-refractivity contribution in [1.82, 2.24) is 0 Å². The van der Waals surface area contributed by atoms with Gasteiger partial charge in [-0.15, -0.1) is 0 Å². The van der Waals surface area contributed by atoms with Gasteiger partial charge in [0.2, 0.25) is 0 Å². The molecule has 1 heterocycles. The van der Waals surface area contributed by atoms with Gasteiger partial charge in [0.25, 0.3) is 0 Å². The van der Waals surface area contributed by atoms with Crippen LogP contribution in [0.2, 0.25) is 0 Å². The van der Waals surface area contributed by atoms with Gasteiger partial charge < -0.3 is 24.8 Å². The number of esters is 1. The number of hydrogen-bond donors (Lipinski definition) is 3. The lowest BCUT2D eigenvalue weighted by atomic mass is 9.44. The van der Waals surface area contributed by atoms with Crippen LogP contribution in [0.3, 0.4) is 0 Å². The third kappa shape index (κ3) is 8.73. The van der Waals surface area contributed by atoms with E-state index >= 15 is 0 Å². The fourth-order valence-electron chi connectivity index (χ4n) is 9.47. The fourth-order valence-corrected chi connectivity index (χ4v) is 9.47. The normalized spacial score (nSPS) is 35.3. The lowest BCUT2D eigenvalue weighted by Gasteiger charge is -2.66. The number of carbonyl (C=O) groups is 1. The molecule has 1 aliphatic heterocycles. The fraction of sp³-hybridized carbons (Fsp3) is 0.972. The van der Waals surface area contributed by atoms with Gasteiger partial charge in [0.1, 0.15) is 11.7 Å². The van der Waals surface area contributed by atoms with Crippen LogP contribution in [0.4, 0.5) is 0 Å². The summed E-state index contributed by atoms with van der Waals surface area (Å²) in [4.78, 5) is 12.7. The van der Waals surface area contributed by atoms with E-state index < -0.39 is 23.9 Å². The molecule has 7 atom stereocenters. The van der Waals surface area contributed by atoms with E-state index in [-0.39, 0.29) is 23.4 Å². The number of rotatable bonds is 19. The van der Waals surface area contributed by atoms with Crippen molar-refractivity contribution >= 4 is 5.97 Å². The minimum atomic E-state index is -1.09. The second-order valence-corrected chi connectivity index (χ2v) is 15.2. The summed E-state index contributed by atoms with van der Waals surface area (Å²) in [6.45, 7) is 8.95.